The van der Waals surface area contributed by atoms with Gasteiger partial charge in [0.2, 0.25) is 0 Å². The summed E-state index contributed by atoms with van der Waals surface area (Å²) >= 11 is 12.5. The number of hydrogen-bond acceptors (Lipinski definition) is 4. The molecule has 1 unspecified atom stereocenters. The van der Waals surface area contributed by atoms with Crippen molar-refractivity contribution >= 4 is 40.1 Å². The zero-order valence-electron chi connectivity index (χ0n) is 20.5. The highest BCUT2D eigenvalue weighted by atomic mass is 35.5. The lowest BCUT2D eigenvalue weighted by atomic mass is 9.84. The molecule has 1 aromatic heterocycles. The van der Waals surface area contributed by atoms with Crippen molar-refractivity contribution in [2.24, 2.45) is 0 Å². The Labute approximate surface area is 223 Å². The van der Waals surface area contributed by atoms with Crippen molar-refractivity contribution in [3.8, 4) is 0 Å². The molecular weight excluding hydrogens is 521 g/mol. The van der Waals surface area contributed by atoms with Gasteiger partial charge in [0.05, 0.1) is 12.1 Å². The maximum absolute atomic E-state index is 13.9. The van der Waals surface area contributed by atoms with Crippen molar-refractivity contribution in [3.63, 3.8) is 0 Å². The number of hydrogen-bond donors (Lipinski definition) is 2. The molecule has 0 aliphatic carbocycles. The lowest BCUT2D eigenvalue weighted by molar-refractivity contribution is -0.106. The molecule has 0 aliphatic rings. The molecule has 2 N–H and O–H groups in total. The van der Waals surface area contributed by atoms with E-state index >= 15 is 0 Å². The van der Waals surface area contributed by atoms with Gasteiger partial charge in [-0.1, -0.05) is 72.6 Å². The van der Waals surface area contributed by atoms with Crippen LogP contribution in [0.25, 0.3) is 11.0 Å². The van der Waals surface area contributed by atoms with Crippen LogP contribution in [-0.4, -0.2) is 32.1 Å². The van der Waals surface area contributed by atoms with Crippen LogP contribution in [0, 0.1) is 0 Å². The van der Waals surface area contributed by atoms with Crippen LogP contribution in [0.3, 0.4) is 0 Å². The average Bonchev–Trinajstić information content (AvgIpc) is 3.23. The molecule has 4 rings (SSSR count). The minimum absolute atomic E-state index is 0.153. The quantitative estimate of drug-likeness (QED) is 0.279. The summed E-state index contributed by atoms with van der Waals surface area (Å²) in [5.74, 6) is -3.67. The van der Waals surface area contributed by atoms with Crippen LogP contribution in [0.4, 0.5) is 8.78 Å². The van der Waals surface area contributed by atoms with Crippen molar-refractivity contribution < 1.29 is 18.7 Å². The SMILES string of the molecule is CC(O)C(F)(F)c1ccc(CNC(=O)c2ccc3c(c2)nnn3CC(C)(C)c2ccc(Cl)cc2Cl)cc1. The Morgan fingerprint density at radius 1 is 1.08 bits per heavy atom. The predicted molar refractivity (Wildman–Crippen MR) is 140 cm³/mol. The molecular formula is C27H26Cl2F2N4O2. The lowest BCUT2D eigenvalue weighted by Gasteiger charge is -2.26. The van der Waals surface area contributed by atoms with Gasteiger partial charge in [0.25, 0.3) is 11.8 Å². The maximum atomic E-state index is 13.9. The van der Waals surface area contributed by atoms with Crippen LogP contribution in [0.5, 0.6) is 0 Å². The number of aromatic nitrogens is 3. The normalized spacial score (nSPS) is 13.1. The third-order valence-corrected chi connectivity index (χ3v) is 6.85. The van der Waals surface area contributed by atoms with Gasteiger partial charge in [-0.3, -0.25) is 4.79 Å². The Balaban J connectivity index is 1.45. The summed E-state index contributed by atoms with van der Waals surface area (Å²) in [6.45, 7) is 5.80. The van der Waals surface area contributed by atoms with E-state index in [1.807, 2.05) is 6.07 Å². The van der Waals surface area contributed by atoms with E-state index in [4.69, 9.17) is 23.2 Å². The van der Waals surface area contributed by atoms with Gasteiger partial charge in [-0.05, 0) is 48.4 Å². The number of aliphatic hydroxyl groups is 1. The first-order valence-electron chi connectivity index (χ1n) is 11.6. The van der Waals surface area contributed by atoms with Crippen LogP contribution >= 0.6 is 23.2 Å². The third-order valence-electron chi connectivity index (χ3n) is 6.30. The standard InChI is InChI=1S/C27H26Cl2F2N4O2/c1-16(36)27(30,31)19-7-4-17(5-8-19)14-32-25(37)18-6-11-24-23(12-18)33-34-35(24)15-26(2,3)21-10-9-20(28)13-22(21)29/h4-13,16,36H,14-15H2,1-3H3,(H,32,37). The third kappa shape index (κ3) is 5.76. The topological polar surface area (TPSA) is 80.0 Å². The fourth-order valence-electron chi connectivity index (χ4n) is 4.10. The smallest absolute Gasteiger partial charge is 0.298 e. The molecule has 3 aromatic carbocycles. The Morgan fingerprint density at radius 2 is 1.78 bits per heavy atom. The zero-order valence-corrected chi connectivity index (χ0v) is 22.0. The van der Waals surface area contributed by atoms with Crippen molar-refractivity contribution in [1.82, 2.24) is 20.3 Å². The summed E-state index contributed by atoms with van der Waals surface area (Å²) in [6, 6.07) is 16.0. The summed E-state index contributed by atoms with van der Waals surface area (Å²) in [4.78, 5) is 12.7. The molecule has 0 spiro atoms. The van der Waals surface area contributed by atoms with Crippen molar-refractivity contribution in [2.75, 3.05) is 0 Å². The molecule has 194 valence electrons. The van der Waals surface area contributed by atoms with Crippen LogP contribution in [0.15, 0.2) is 60.7 Å². The van der Waals surface area contributed by atoms with Crippen molar-refractivity contribution in [1.29, 1.82) is 0 Å². The Kier molecular flexibility index (Phi) is 7.55. The van der Waals surface area contributed by atoms with Crippen molar-refractivity contribution in [3.05, 3.63) is 93.0 Å². The molecule has 1 atom stereocenters. The minimum atomic E-state index is -3.34. The number of halogens is 4. The molecule has 6 nitrogen and oxygen atoms in total. The monoisotopic (exact) mass is 546 g/mol. The lowest BCUT2D eigenvalue weighted by Crippen LogP contribution is -2.28. The number of rotatable bonds is 8. The Hall–Kier alpha value is -3.07. The molecule has 0 saturated heterocycles. The van der Waals surface area contributed by atoms with Crippen LogP contribution in [0.2, 0.25) is 10.0 Å². The summed E-state index contributed by atoms with van der Waals surface area (Å²) in [5, 5.41) is 21.7. The number of amides is 1. The van der Waals surface area contributed by atoms with Gasteiger partial charge in [0.1, 0.15) is 11.6 Å². The van der Waals surface area contributed by atoms with Gasteiger partial charge < -0.3 is 10.4 Å². The van der Waals surface area contributed by atoms with Crippen LogP contribution in [0.1, 0.15) is 47.8 Å². The molecule has 1 amide bonds. The molecule has 0 bridgehead atoms. The molecule has 0 aliphatic heterocycles. The number of fused-ring (bicyclic) bond motifs is 1. The second-order valence-corrected chi connectivity index (χ2v) is 10.5. The van der Waals surface area contributed by atoms with E-state index in [0.29, 0.717) is 33.2 Å². The second-order valence-electron chi connectivity index (χ2n) is 9.64. The molecule has 0 fully saturated rings. The minimum Gasteiger partial charge on any atom is -0.387 e. The fourth-order valence-corrected chi connectivity index (χ4v) is 4.76. The first kappa shape index (κ1) is 27.0. The molecule has 4 aromatic rings. The number of carbonyl (C=O) groups excluding carboxylic acids is 1. The molecule has 1 heterocycles. The molecule has 0 radical (unpaired) electrons. The number of alkyl halides is 2. The average molecular weight is 547 g/mol. The van der Waals surface area contributed by atoms with Gasteiger partial charge in [0.15, 0.2) is 0 Å². The summed E-state index contributed by atoms with van der Waals surface area (Å²) in [7, 11) is 0. The van der Waals surface area contributed by atoms with Gasteiger partial charge >= 0.3 is 0 Å². The molecule has 10 heteroatoms. The van der Waals surface area contributed by atoms with Crippen molar-refractivity contribution in [2.45, 2.75) is 51.3 Å². The summed E-state index contributed by atoms with van der Waals surface area (Å²) in [6.07, 6.45) is -1.80. The second kappa shape index (κ2) is 10.4. The van der Waals surface area contributed by atoms with E-state index < -0.39 is 12.0 Å². The number of aliphatic hydroxyl groups excluding tert-OH is 1. The van der Waals surface area contributed by atoms with Crippen LogP contribution < -0.4 is 5.32 Å². The Bertz CT molecular complexity index is 1440. The van der Waals surface area contributed by atoms with Gasteiger partial charge in [0, 0.05) is 33.1 Å². The zero-order chi connectivity index (χ0) is 27.0. The Morgan fingerprint density at radius 3 is 2.43 bits per heavy atom. The molecule has 0 saturated carbocycles. The highest BCUT2D eigenvalue weighted by molar-refractivity contribution is 6.35. The summed E-state index contributed by atoms with van der Waals surface area (Å²) in [5.41, 5.74) is 2.66. The van der Waals surface area contributed by atoms with E-state index in [1.165, 1.54) is 24.3 Å². The highest BCUT2D eigenvalue weighted by Gasteiger charge is 2.37. The summed E-state index contributed by atoms with van der Waals surface area (Å²) < 4.78 is 29.7. The van der Waals surface area contributed by atoms with E-state index in [0.717, 1.165) is 18.0 Å². The van der Waals surface area contributed by atoms with E-state index in [1.54, 1.807) is 35.0 Å². The van der Waals surface area contributed by atoms with Gasteiger partial charge in [-0.15, -0.1) is 5.10 Å². The van der Waals surface area contributed by atoms with E-state index in [9.17, 15) is 18.7 Å². The fraction of sp³-hybridized carbons (Fsp3) is 0.296. The first-order chi connectivity index (χ1) is 17.4. The van der Waals surface area contributed by atoms with Gasteiger partial charge in [-0.25, -0.2) is 4.68 Å². The number of benzene rings is 3. The van der Waals surface area contributed by atoms with Crippen LogP contribution in [-0.2, 0) is 24.4 Å². The maximum Gasteiger partial charge on any atom is 0.298 e. The molecule has 37 heavy (non-hydrogen) atoms. The van der Waals surface area contributed by atoms with E-state index in [2.05, 4.69) is 29.5 Å². The van der Waals surface area contributed by atoms with Gasteiger partial charge in [-0.2, -0.15) is 8.78 Å². The number of nitrogens with zero attached hydrogens (tertiary/aromatic N) is 3. The number of carbonyl (C=O) groups is 1. The largest absolute Gasteiger partial charge is 0.387 e. The first-order valence-corrected chi connectivity index (χ1v) is 12.4. The van der Waals surface area contributed by atoms with E-state index in [-0.39, 0.29) is 23.4 Å². The predicted octanol–water partition coefficient (Wildman–Crippen LogP) is 6.12. The highest BCUT2D eigenvalue weighted by Crippen LogP contribution is 2.34. The number of nitrogens with one attached hydrogen (secondary N) is 1.